The van der Waals surface area contributed by atoms with Gasteiger partial charge >= 0.3 is 11.1 Å². The fourth-order valence-electron chi connectivity index (χ4n) is 1.55. The summed E-state index contributed by atoms with van der Waals surface area (Å²) in [6.07, 6.45) is 1.28. The highest BCUT2D eigenvalue weighted by molar-refractivity contribution is 7.99. The zero-order valence-corrected chi connectivity index (χ0v) is 12.5. The predicted molar refractivity (Wildman–Crippen MR) is 76.7 cm³/mol. The van der Waals surface area contributed by atoms with Gasteiger partial charge in [0.15, 0.2) is 5.16 Å². The van der Waals surface area contributed by atoms with Crippen LogP contribution >= 0.6 is 11.8 Å². The molecule has 1 rings (SSSR count). The minimum absolute atomic E-state index is 0.403. The first-order valence-corrected chi connectivity index (χ1v) is 7.07. The van der Waals surface area contributed by atoms with Gasteiger partial charge in [-0.05, 0) is 26.8 Å². The van der Waals surface area contributed by atoms with E-state index in [4.69, 9.17) is 5.73 Å². The third kappa shape index (κ3) is 3.94. The maximum absolute atomic E-state index is 11.3. The van der Waals surface area contributed by atoms with Crippen LogP contribution in [0.1, 0.15) is 19.8 Å². The Morgan fingerprint density at radius 2 is 2.20 bits per heavy atom. The highest BCUT2D eigenvalue weighted by Gasteiger charge is 2.27. The molecule has 0 saturated carbocycles. The van der Waals surface area contributed by atoms with Crippen LogP contribution in [0.15, 0.2) is 14.7 Å². The smallest absolute Gasteiger partial charge is 0.339 e. The number of primary amides is 1. The molecule has 0 radical (unpaired) electrons. The van der Waals surface area contributed by atoms with Crippen LogP contribution in [0.4, 0.5) is 0 Å². The second kappa shape index (κ2) is 6.71. The number of H-pyrrole nitrogens is 1. The van der Waals surface area contributed by atoms with Gasteiger partial charge in [-0.15, -0.1) is 0 Å². The highest BCUT2D eigenvalue weighted by Crippen LogP contribution is 2.17. The lowest BCUT2D eigenvalue weighted by atomic mass is 9.96. The molecule has 1 aromatic rings. The average Bonchev–Trinajstić information content (AvgIpc) is 2.39. The molecule has 0 bridgehead atoms. The minimum atomic E-state index is -0.803. The van der Waals surface area contributed by atoms with Crippen molar-refractivity contribution in [2.24, 2.45) is 12.8 Å². The second-order valence-corrected chi connectivity index (χ2v) is 5.66. The summed E-state index contributed by atoms with van der Waals surface area (Å²) in [6.45, 7) is 1.74. The minimum Gasteiger partial charge on any atom is -0.368 e. The van der Waals surface area contributed by atoms with Crippen LogP contribution in [0.25, 0.3) is 0 Å². The number of rotatable bonds is 7. The Bertz CT molecular complexity index is 596. The fourth-order valence-corrected chi connectivity index (χ4v) is 2.41. The topological polar surface area (TPSA) is 123 Å². The maximum atomic E-state index is 11.3. The first-order chi connectivity index (χ1) is 9.30. The van der Waals surface area contributed by atoms with E-state index >= 15 is 0 Å². The van der Waals surface area contributed by atoms with E-state index in [1.807, 2.05) is 0 Å². The molecule has 20 heavy (non-hydrogen) atoms. The molecule has 8 nitrogen and oxygen atoms in total. The number of carbonyl (C=O) groups is 1. The quantitative estimate of drug-likeness (QED) is 0.330. The molecule has 1 atom stereocenters. The largest absolute Gasteiger partial charge is 0.368 e. The monoisotopic (exact) mass is 301 g/mol. The molecule has 0 aliphatic heterocycles. The lowest BCUT2D eigenvalue weighted by molar-refractivity contribution is -0.123. The molecule has 0 spiro atoms. The Morgan fingerprint density at radius 1 is 1.55 bits per heavy atom. The Kier molecular flexibility index (Phi) is 5.52. The highest BCUT2D eigenvalue weighted by atomic mass is 32.2. The molecule has 0 fully saturated rings. The molecule has 0 aliphatic rings. The fraction of sp³-hybridized carbons (Fsp3) is 0.636. The van der Waals surface area contributed by atoms with E-state index in [1.165, 1.54) is 16.4 Å². The van der Waals surface area contributed by atoms with E-state index in [-0.39, 0.29) is 0 Å². The molecule has 1 heterocycles. The summed E-state index contributed by atoms with van der Waals surface area (Å²) < 4.78 is 1.40. The van der Waals surface area contributed by atoms with Gasteiger partial charge in [-0.3, -0.25) is 24.2 Å². The number of aromatic amines is 1. The van der Waals surface area contributed by atoms with E-state index in [1.54, 1.807) is 21.0 Å². The van der Waals surface area contributed by atoms with E-state index in [2.05, 4.69) is 15.4 Å². The zero-order valence-electron chi connectivity index (χ0n) is 11.7. The lowest BCUT2D eigenvalue weighted by Crippen LogP contribution is -2.51. The number of aromatic nitrogens is 3. The first kappa shape index (κ1) is 16.4. The number of thioether (sulfide) groups is 1. The summed E-state index contributed by atoms with van der Waals surface area (Å²) in [6, 6.07) is 0. The lowest BCUT2D eigenvalue weighted by Gasteiger charge is -2.25. The summed E-state index contributed by atoms with van der Waals surface area (Å²) in [5, 5.41) is 5.71. The van der Waals surface area contributed by atoms with Crippen LogP contribution in [-0.2, 0) is 11.8 Å². The van der Waals surface area contributed by atoms with Gasteiger partial charge in [0.2, 0.25) is 5.91 Å². The molecular formula is C11H19N5O3S. The molecule has 1 unspecified atom stereocenters. The van der Waals surface area contributed by atoms with Crippen LogP contribution in [0.3, 0.4) is 0 Å². The van der Waals surface area contributed by atoms with Gasteiger partial charge in [0, 0.05) is 12.8 Å². The number of hydrogen-bond donors (Lipinski definition) is 3. The summed E-state index contributed by atoms with van der Waals surface area (Å²) in [5.41, 5.74) is 3.04. The normalized spacial score (nSPS) is 13.9. The maximum Gasteiger partial charge on any atom is 0.339 e. The standard InChI is InChI=1S/C11H19N5O3S/c1-11(13-2,9(12)19)5-4-6-20-10-14-7(17)8(18)15-16(10)3/h13H,4-6H2,1-3H3,(H2,12,19)(H,15,18). The van der Waals surface area contributed by atoms with Gasteiger partial charge in [0.1, 0.15) is 0 Å². The number of carbonyl (C=O) groups excluding carboxylic acids is 1. The van der Waals surface area contributed by atoms with Crippen LogP contribution in [0.2, 0.25) is 0 Å². The number of nitrogens with two attached hydrogens (primary N) is 1. The molecule has 0 aromatic carbocycles. The van der Waals surface area contributed by atoms with Crippen molar-refractivity contribution in [1.82, 2.24) is 20.1 Å². The summed E-state index contributed by atoms with van der Waals surface area (Å²) in [4.78, 5) is 37.2. The number of hydrogen-bond acceptors (Lipinski definition) is 6. The van der Waals surface area contributed by atoms with Crippen LogP contribution < -0.4 is 22.2 Å². The summed E-state index contributed by atoms with van der Waals surface area (Å²) in [7, 11) is 3.29. The third-order valence-electron chi connectivity index (χ3n) is 3.10. The van der Waals surface area contributed by atoms with Crippen molar-refractivity contribution >= 4 is 17.7 Å². The van der Waals surface area contributed by atoms with Gasteiger partial charge in [0.05, 0.1) is 5.54 Å². The predicted octanol–water partition coefficient (Wildman–Crippen LogP) is -1.20. The molecule has 1 aromatic heterocycles. The van der Waals surface area contributed by atoms with Gasteiger partial charge in [0.25, 0.3) is 0 Å². The Balaban J connectivity index is 2.58. The summed E-state index contributed by atoms with van der Waals surface area (Å²) >= 11 is 1.33. The van der Waals surface area contributed by atoms with E-state index in [0.29, 0.717) is 23.8 Å². The Labute approximate surface area is 120 Å². The Morgan fingerprint density at radius 3 is 2.75 bits per heavy atom. The number of likely N-dealkylation sites (N-methyl/N-ethyl adjacent to an activating group) is 1. The Hall–Kier alpha value is -1.61. The molecule has 0 aliphatic carbocycles. The van der Waals surface area contributed by atoms with Crippen molar-refractivity contribution in [2.45, 2.75) is 30.5 Å². The van der Waals surface area contributed by atoms with Crippen molar-refractivity contribution in [3.8, 4) is 0 Å². The van der Waals surface area contributed by atoms with Gasteiger partial charge in [-0.1, -0.05) is 11.8 Å². The van der Waals surface area contributed by atoms with Crippen molar-refractivity contribution in [3.05, 3.63) is 20.7 Å². The average molecular weight is 301 g/mol. The molecular weight excluding hydrogens is 282 g/mol. The van der Waals surface area contributed by atoms with Crippen molar-refractivity contribution in [3.63, 3.8) is 0 Å². The van der Waals surface area contributed by atoms with Crippen LogP contribution in [-0.4, -0.2) is 39.0 Å². The second-order valence-electron chi connectivity index (χ2n) is 4.60. The third-order valence-corrected chi connectivity index (χ3v) is 4.21. The van der Waals surface area contributed by atoms with E-state index in [9.17, 15) is 14.4 Å². The SMILES string of the molecule is CNC(C)(CCCSc1nc(=O)c(=O)[nH]n1C)C(N)=O. The molecule has 1 amide bonds. The van der Waals surface area contributed by atoms with Crippen molar-refractivity contribution in [1.29, 1.82) is 0 Å². The molecule has 4 N–H and O–H groups in total. The zero-order chi connectivity index (χ0) is 15.3. The molecule has 9 heteroatoms. The summed E-state index contributed by atoms with van der Waals surface area (Å²) in [5.74, 6) is 0.246. The van der Waals surface area contributed by atoms with Crippen LogP contribution in [0, 0.1) is 0 Å². The number of nitrogens with zero attached hydrogens (tertiary/aromatic N) is 2. The molecule has 112 valence electrons. The van der Waals surface area contributed by atoms with E-state index < -0.39 is 22.6 Å². The van der Waals surface area contributed by atoms with Gasteiger partial charge in [-0.25, -0.2) is 0 Å². The number of aryl methyl sites for hydroxylation is 1. The van der Waals surface area contributed by atoms with Gasteiger partial charge in [-0.2, -0.15) is 4.98 Å². The van der Waals surface area contributed by atoms with E-state index in [0.717, 1.165) is 0 Å². The number of amides is 1. The molecule has 0 saturated heterocycles. The van der Waals surface area contributed by atoms with Gasteiger partial charge < -0.3 is 11.1 Å². The van der Waals surface area contributed by atoms with Crippen LogP contribution in [0.5, 0.6) is 0 Å². The number of nitrogens with one attached hydrogen (secondary N) is 2. The van der Waals surface area contributed by atoms with Crippen molar-refractivity contribution in [2.75, 3.05) is 12.8 Å². The first-order valence-electron chi connectivity index (χ1n) is 6.09. The van der Waals surface area contributed by atoms with Crippen molar-refractivity contribution < 1.29 is 4.79 Å².